The summed E-state index contributed by atoms with van der Waals surface area (Å²) in [5.41, 5.74) is 3.98. The van der Waals surface area contributed by atoms with E-state index in [4.69, 9.17) is 4.52 Å². The van der Waals surface area contributed by atoms with Crippen LogP contribution in [0, 0.1) is 20.8 Å². The molecule has 0 spiro atoms. The first kappa shape index (κ1) is 16.7. The number of amides is 1. The molecule has 1 fully saturated rings. The summed E-state index contributed by atoms with van der Waals surface area (Å²) in [6, 6.07) is 1.96. The Morgan fingerprint density at radius 1 is 1.21 bits per heavy atom. The number of piperazine rings is 1. The van der Waals surface area contributed by atoms with Gasteiger partial charge in [-0.3, -0.25) is 14.4 Å². The van der Waals surface area contributed by atoms with Crippen molar-refractivity contribution < 1.29 is 9.32 Å². The molecule has 7 nitrogen and oxygen atoms in total. The quantitative estimate of drug-likeness (QED) is 0.843. The van der Waals surface area contributed by atoms with Gasteiger partial charge in [0.05, 0.1) is 24.4 Å². The number of aromatic nitrogens is 3. The molecular formula is C17H25N5O2. The molecule has 0 N–H and O–H groups in total. The minimum Gasteiger partial charge on any atom is -0.360 e. The number of rotatable bonds is 4. The highest BCUT2D eigenvalue weighted by atomic mass is 16.5. The van der Waals surface area contributed by atoms with E-state index in [1.54, 1.807) is 0 Å². The van der Waals surface area contributed by atoms with Gasteiger partial charge in [-0.2, -0.15) is 5.10 Å². The summed E-state index contributed by atoms with van der Waals surface area (Å²) in [5, 5.41) is 8.31. The van der Waals surface area contributed by atoms with Crippen LogP contribution in [0.4, 0.5) is 0 Å². The summed E-state index contributed by atoms with van der Waals surface area (Å²) in [6.45, 7) is 9.88. The van der Waals surface area contributed by atoms with Crippen LogP contribution in [0.15, 0.2) is 10.6 Å². The van der Waals surface area contributed by atoms with Crippen LogP contribution in [0.1, 0.15) is 28.4 Å². The minimum atomic E-state index is 0.185. The number of carbonyl (C=O) groups is 1. The molecule has 0 aliphatic carbocycles. The average molecular weight is 331 g/mol. The van der Waals surface area contributed by atoms with Gasteiger partial charge in [-0.25, -0.2) is 0 Å². The van der Waals surface area contributed by atoms with Crippen LogP contribution in [-0.2, 0) is 24.8 Å². The van der Waals surface area contributed by atoms with Crippen LogP contribution < -0.4 is 0 Å². The molecule has 0 unspecified atom stereocenters. The van der Waals surface area contributed by atoms with Crippen molar-refractivity contribution in [3.63, 3.8) is 0 Å². The lowest BCUT2D eigenvalue weighted by atomic mass is 10.1. The van der Waals surface area contributed by atoms with Crippen molar-refractivity contribution in [1.29, 1.82) is 0 Å². The van der Waals surface area contributed by atoms with E-state index in [1.165, 1.54) is 0 Å². The Labute approximate surface area is 142 Å². The predicted molar refractivity (Wildman–Crippen MR) is 89.5 cm³/mol. The van der Waals surface area contributed by atoms with Crippen LogP contribution in [0.3, 0.4) is 0 Å². The van der Waals surface area contributed by atoms with Gasteiger partial charge in [-0.05, 0) is 20.8 Å². The second kappa shape index (κ2) is 6.76. The minimum absolute atomic E-state index is 0.185. The zero-order valence-corrected chi connectivity index (χ0v) is 14.9. The Morgan fingerprint density at radius 3 is 2.46 bits per heavy atom. The Bertz CT molecular complexity index is 725. The maximum absolute atomic E-state index is 12.6. The van der Waals surface area contributed by atoms with E-state index in [0.717, 1.165) is 61.1 Å². The van der Waals surface area contributed by atoms with Crippen molar-refractivity contribution in [2.75, 3.05) is 26.2 Å². The lowest BCUT2D eigenvalue weighted by Gasteiger charge is -2.34. The topological polar surface area (TPSA) is 67.4 Å². The molecule has 130 valence electrons. The third kappa shape index (κ3) is 3.51. The zero-order valence-electron chi connectivity index (χ0n) is 14.9. The first-order valence-corrected chi connectivity index (χ1v) is 8.35. The highest BCUT2D eigenvalue weighted by molar-refractivity contribution is 5.79. The number of aryl methyl sites for hydroxylation is 3. The fourth-order valence-corrected chi connectivity index (χ4v) is 3.20. The van der Waals surface area contributed by atoms with Gasteiger partial charge in [0.25, 0.3) is 0 Å². The van der Waals surface area contributed by atoms with Crippen molar-refractivity contribution in [3.8, 4) is 0 Å². The molecule has 2 aromatic rings. The Kier molecular flexibility index (Phi) is 4.71. The fourth-order valence-electron chi connectivity index (χ4n) is 3.20. The lowest BCUT2D eigenvalue weighted by molar-refractivity contribution is -0.132. The maximum Gasteiger partial charge on any atom is 0.227 e. The molecule has 1 amide bonds. The van der Waals surface area contributed by atoms with Gasteiger partial charge in [-0.1, -0.05) is 5.16 Å². The first-order valence-electron chi connectivity index (χ1n) is 8.35. The number of hydrogen-bond acceptors (Lipinski definition) is 5. The molecule has 0 atom stereocenters. The molecule has 1 saturated heterocycles. The molecule has 2 aromatic heterocycles. The lowest BCUT2D eigenvalue weighted by Crippen LogP contribution is -2.48. The van der Waals surface area contributed by atoms with Gasteiger partial charge in [0.15, 0.2) is 5.76 Å². The van der Waals surface area contributed by atoms with E-state index in [-0.39, 0.29) is 5.91 Å². The van der Waals surface area contributed by atoms with Crippen molar-refractivity contribution >= 4 is 5.91 Å². The Morgan fingerprint density at radius 2 is 1.92 bits per heavy atom. The molecule has 7 heteroatoms. The van der Waals surface area contributed by atoms with Gasteiger partial charge >= 0.3 is 0 Å². The molecule has 0 saturated carbocycles. The van der Waals surface area contributed by atoms with E-state index in [0.29, 0.717) is 6.42 Å². The highest BCUT2D eigenvalue weighted by Gasteiger charge is 2.23. The van der Waals surface area contributed by atoms with Gasteiger partial charge < -0.3 is 9.42 Å². The smallest absolute Gasteiger partial charge is 0.227 e. The number of nitrogens with zero attached hydrogens (tertiary/aromatic N) is 5. The van der Waals surface area contributed by atoms with Gasteiger partial charge in [0.1, 0.15) is 0 Å². The van der Waals surface area contributed by atoms with Crippen molar-refractivity contribution in [3.05, 3.63) is 34.5 Å². The third-order valence-corrected chi connectivity index (χ3v) is 4.77. The number of hydrogen-bond donors (Lipinski definition) is 0. The van der Waals surface area contributed by atoms with Gasteiger partial charge in [0, 0.05) is 50.6 Å². The molecule has 24 heavy (non-hydrogen) atoms. The molecular weight excluding hydrogens is 306 g/mol. The summed E-state index contributed by atoms with van der Waals surface area (Å²) in [4.78, 5) is 16.8. The summed E-state index contributed by atoms with van der Waals surface area (Å²) in [7, 11) is 1.92. The first-order chi connectivity index (χ1) is 11.4. The van der Waals surface area contributed by atoms with E-state index in [1.807, 2.05) is 43.5 Å². The van der Waals surface area contributed by atoms with Crippen molar-refractivity contribution in [2.45, 2.75) is 33.7 Å². The summed E-state index contributed by atoms with van der Waals surface area (Å²) in [5.74, 6) is 1.07. The van der Waals surface area contributed by atoms with Crippen LogP contribution in [0.25, 0.3) is 0 Å². The van der Waals surface area contributed by atoms with Crippen molar-refractivity contribution in [1.82, 2.24) is 24.7 Å². The molecule has 1 aliphatic heterocycles. The largest absolute Gasteiger partial charge is 0.360 e. The molecule has 3 heterocycles. The molecule has 0 aromatic carbocycles. The van der Waals surface area contributed by atoms with Crippen LogP contribution in [0.2, 0.25) is 0 Å². The van der Waals surface area contributed by atoms with E-state index in [9.17, 15) is 4.79 Å². The SMILES string of the molecule is Cc1cc(CN2CCN(C(=O)Cc3c(C)nn(C)c3C)CC2)on1. The highest BCUT2D eigenvalue weighted by Crippen LogP contribution is 2.15. The molecule has 0 radical (unpaired) electrons. The third-order valence-electron chi connectivity index (χ3n) is 4.77. The summed E-state index contributed by atoms with van der Waals surface area (Å²) in [6.07, 6.45) is 0.437. The van der Waals surface area contributed by atoms with E-state index < -0.39 is 0 Å². The second-order valence-electron chi connectivity index (χ2n) is 6.54. The fraction of sp³-hybridized carbons (Fsp3) is 0.588. The van der Waals surface area contributed by atoms with Crippen LogP contribution in [-0.4, -0.2) is 56.8 Å². The predicted octanol–water partition coefficient (Wildman–Crippen LogP) is 1.22. The molecule has 3 rings (SSSR count). The van der Waals surface area contributed by atoms with Crippen LogP contribution >= 0.6 is 0 Å². The van der Waals surface area contributed by atoms with E-state index >= 15 is 0 Å². The maximum atomic E-state index is 12.6. The standard InChI is InChI=1S/C17H25N5O2/c1-12-9-15(24-19-12)11-21-5-7-22(8-6-21)17(23)10-16-13(2)18-20(4)14(16)3/h9H,5-8,10-11H2,1-4H3. The van der Waals surface area contributed by atoms with Gasteiger partial charge in [0.2, 0.25) is 5.91 Å². The molecule has 0 bridgehead atoms. The van der Waals surface area contributed by atoms with Gasteiger partial charge in [-0.15, -0.1) is 0 Å². The second-order valence-corrected chi connectivity index (χ2v) is 6.54. The Balaban J connectivity index is 1.53. The summed E-state index contributed by atoms with van der Waals surface area (Å²) >= 11 is 0. The monoisotopic (exact) mass is 331 g/mol. The van der Waals surface area contributed by atoms with E-state index in [2.05, 4.69) is 15.2 Å². The molecule has 1 aliphatic rings. The zero-order chi connectivity index (χ0) is 17.3. The summed E-state index contributed by atoms with van der Waals surface area (Å²) < 4.78 is 7.11. The normalized spacial score (nSPS) is 15.9. The number of carbonyl (C=O) groups excluding carboxylic acids is 1. The van der Waals surface area contributed by atoms with Crippen LogP contribution in [0.5, 0.6) is 0 Å². The Hall–Kier alpha value is -2.15. The average Bonchev–Trinajstić information content (AvgIpc) is 3.06. The van der Waals surface area contributed by atoms with Crippen molar-refractivity contribution in [2.24, 2.45) is 7.05 Å².